The molecule has 0 bridgehead atoms. The molecular weight excluding hydrogens is 174 g/mol. The van der Waals surface area contributed by atoms with Crippen LogP contribution in [0.4, 0.5) is 0 Å². The lowest BCUT2D eigenvalue weighted by Crippen LogP contribution is -2.26. The summed E-state index contributed by atoms with van der Waals surface area (Å²) in [5.74, 6) is -1.20. The summed E-state index contributed by atoms with van der Waals surface area (Å²) in [6.45, 7) is 6.02. The molecule has 0 spiro atoms. The number of hydrogen-bond donors (Lipinski definition) is 2. The molecule has 13 heavy (non-hydrogen) atoms. The highest BCUT2D eigenvalue weighted by Gasteiger charge is 2.10. The van der Waals surface area contributed by atoms with Gasteiger partial charge in [0.1, 0.15) is 6.73 Å². The lowest BCUT2D eigenvalue weighted by molar-refractivity contribution is -0.138. The van der Waals surface area contributed by atoms with Gasteiger partial charge in [0.05, 0.1) is 12.7 Å². The highest BCUT2D eigenvalue weighted by molar-refractivity contribution is 5.96. The normalized spacial score (nSPS) is 8.69. The van der Waals surface area contributed by atoms with E-state index in [1.54, 1.807) is 0 Å². The summed E-state index contributed by atoms with van der Waals surface area (Å²) < 4.78 is 4.36. The van der Waals surface area contributed by atoms with E-state index in [1.165, 1.54) is 0 Å². The number of carbonyl (C=O) groups is 2. The zero-order valence-corrected chi connectivity index (χ0v) is 7.08. The van der Waals surface area contributed by atoms with E-state index in [9.17, 15) is 9.59 Å². The first-order valence-electron chi connectivity index (χ1n) is 3.49. The van der Waals surface area contributed by atoms with Crippen molar-refractivity contribution in [3.63, 3.8) is 0 Å². The Hall–Kier alpha value is -1.62. The van der Waals surface area contributed by atoms with Crippen molar-refractivity contribution in [2.45, 2.75) is 6.42 Å². The van der Waals surface area contributed by atoms with Gasteiger partial charge in [-0.15, -0.1) is 0 Å². The number of carbonyl (C=O) groups excluding carboxylic acids is 2. The van der Waals surface area contributed by atoms with Crippen molar-refractivity contribution in [2.75, 3.05) is 6.73 Å². The lowest BCUT2D eigenvalue weighted by atomic mass is 10.2. The molecule has 0 aromatic rings. The van der Waals surface area contributed by atoms with Crippen molar-refractivity contribution in [2.24, 2.45) is 0 Å². The number of aliphatic hydroxyl groups is 1. The third kappa shape index (κ3) is 4.76. The molecule has 5 nitrogen and oxygen atoms in total. The molecule has 0 heterocycles. The van der Waals surface area contributed by atoms with Crippen LogP contribution in [0.25, 0.3) is 0 Å². The van der Waals surface area contributed by atoms with Crippen molar-refractivity contribution in [1.29, 1.82) is 0 Å². The molecule has 1 amide bonds. The van der Waals surface area contributed by atoms with E-state index in [1.807, 2.05) is 0 Å². The molecule has 0 aromatic carbocycles. The highest BCUT2D eigenvalue weighted by Crippen LogP contribution is 1.99. The molecule has 0 radical (unpaired) electrons. The summed E-state index contributed by atoms with van der Waals surface area (Å²) in [6.07, 6.45) is 0.747. The maximum Gasteiger partial charge on any atom is 0.315 e. The molecule has 2 N–H and O–H groups in total. The van der Waals surface area contributed by atoms with Crippen LogP contribution in [0.15, 0.2) is 25.0 Å². The van der Waals surface area contributed by atoms with Crippen LogP contribution in [0.5, 0.6) is 0 Å². The van der Waals surface area contributed by atoms with Crippen molar-refractivity contribution in [3.8, 4) is 0 Å². The van der Waals surface area contributed by atoms with Gasteiger partial charge in [-0.05, 0) is 0 Å². The smallest absolute Gasteiger partial charge is 0.315 e. The number of esters is 1. The molecular formula is C8H11NO4. The first-order chi connectivity index (χ1) is 6.11. The Bertz CT molecular complexity index is 234. The SMILES string of the molecule is C=COC(=O)CC(=C)C(=O)NCO. The summed E-state index contributed by atoms with van der Waals surface area (Å²) in [4.78, 5) is 21.6. The van der Waals surface area contributed by atoms with Crippen molar-refractivity contribution in [3.05, 3.63) is 25.0 Å². The fourth-order valence-corrected chi connectivity index (χ4v) is 0.586. The van der Waals surface area contributed by atoms with E-state index >= 15 is 0 Å². The minimum absolute atomic E-state index is 0.0286. The number of aliphatic hydroxyl groups excluding tert-OH is 1. The Balaban J connectivity index is 3.92. The van der Waals surface area contributed by atoms with Crippen molar-refractivity contribution < 1.29 is 19.4 Å². The van der Waals surface area contributed by atoms with Gasteiger partial charge < -0.3 is 15.2 Å². The molecule has 0 saturated heterocycles. The van der Waals surface area contributed by atoms with Crippen LogP contribution in [0, 0.1) is 0 Å². The van der Waals surface area contributed by atoms with Crippen LogP contribution < -0.4 is 5.32 Å². The fourth-order valence-electron chi connectivity index (χ4n) is 0.586. The largest absolute Gasteiger partial charge is 0.435 e. The zero-order valence-electron chi connectivity index (χ0n) is 7.08. The predicted octanol–water partition coefficient (Wildman–Crippen LogP) is -0.315. The number of amides is 1. The first kappa shape index (κ1) is 11.4. The Morgan fingerprint density at radius 1 is 1.54 bits per heavy atom. The first-order valence-corrected chi connectivity index (χ1v) is 3.49. The second-order valence-electron chi connectivity index (χ2n) is 2.10. The lowest BCUT2D eigenvalue weighted by Gasteiger charge is -2.03. The van der Waals surface area contributed by atoms with Crippen LogP contribution >= 0.6 is 0 Å². The van der Waals surface area contributed by atoms with E-state index < -0.39 is 18.6 Å². The van der Waals surface area contributed by atoms with Gasteiger partial charge in [0.2, 0.25) is 5.91 Å². The summed E-state index contributed by atoms with van der Waals surface area (Å²) in [6, 6.07) is 0. The van der Waals surface area contributed by atoms with E-state index in [0.717, 1.165) is 6.26 Å². The molecule has 0 aromatic heterocycles. The zero-order chi connectivity index (χ0) is 10.3. The summed E-state index contributed by atoms with van der Waals surface area (Å²) in [7, 11) is 0. The standard InChI is InChI=1S/C8H11NO4/c1-3-13-7(11)4-6(2)8(12)9-5-10/h3,10H,1-2,4-5H2,(H,9,12). The molecule has 5 heteroatoms. The van der Waals surface area contributed by atoms with Crippen LogP contribution in [-0.2, 0) is 14.3 Å². The quantitative estimate of drug-likeness (QED) is 0.266. The topological polar surface area (TPSA) is 75.6 Å². The van der Waals surface area contributed by atoms with E-state index in [0.29, 0.717) is 0 Å². The van der Waals surface area contributed by atoms with E-state index in [-0.39, 0.29) is 12.0 Å². The molecule has 72 valence electrons. The van der Waals surface area contributed by atoms with Crippen LogP contribution in [0.3, 0.4) is 0 Å². The second kappa shape index (κ2) is 5.96. The van der Waals surface area contributed by atoms with E-state index in [2.05, 4.69) is 23.2 Å². The number of nitrogens with one attached hydrogen (secondary N) is 1. The average molecular weight is 185 g/mol. The minimum Gasteiger partial charge on any atom is -0.435 e. The predicted molar refractivity (Wildman–Crippen MR) is 45.3 cm³/mol. The Morgan fingerprint density at radius 3 is 2.62 bits per heavy atom. The van der Waals surface area contributed by atoms with E-state index in [4.69, 9.17) is 5.11 Å². The highest BCUT2D eigenvalue weighted by atomic mass is 16.5. The van der Waals surface area contributed by atoms with Gasteiger partial charge in [0, 0.05) is 5.57 Å². The van der Waals surface area contributed by atoms with Crippen LogP contribution in [0.2, 0.25) is 0 Å². The van der Waals surface area contributed by atoms with Crippen molar-refractivity contribution >= 4 is 11.9 Å². The molecule has 0 aliphatic rings. The van der Waals surface area contributed by atoms with Gasteiger partial charge >= 0.3 is 5.97 Å². The maximum absolute atomic E-state index is 10.9. The summed E-state index contributed by atoms with van der Waals surface area (Å²) >= 11 is 0. The minimum atomic E-state index is -0.618. The number of ether oxygens (including phenoxy) is 1. The second-order valence-corrected chi connectivity index (χ2v) is 2.10. The third-order valence-electron chi connectivity index (χ3n) is 1.13. The Kier molecular flexibility index (Phi) is 5.22. The molecule has 0 atom stereocenters. The number of rotatable bonds is 5. The molecule has 0 saturated carbocycles. The molecule has 0 aliphatic heterocycles. The summed E-state index contributed by atoms with van der Waals surface area (Å²) in [5, 5.41) is 10.4. The fraction of sp³-hybridized carbons (Fsp3) is 0.250. The average Bonchev–Trinajstić information content (AvgIpc) is 2.05. The van der Waals surface area contributed by atoms with Crippen molar-refractivity contribution in [1.82, 2.24) is 5.32 Å². The van der Waals surface area contributed by atoms with Gasteiger partial charge in [-0.1, -0.05) is 13.2 Å². The molecule has 0 rings (SSSR count). The van der Waals surface area contributed by atoms with Gasteiger partial charge in [-0.2, -0.15) is 0 Å². The Morgan fingerprint density at radius 2 is 2.15 bits per heavy atom. The molecule has 0 unspecified atom stereocenters. The number of hydrogen-bond acceptors (Lipinski definition) is 4. The molecule has 0 fully saturated rings. The Labute approximate surface area is 75.7 Å². The van der Waals surface area contributed by atoms with Gasteiger partial charge in [0.15, 0.2) is 0 Å². The monoisotopic (exact) mass is 185 g/mol. The van der Waals surface area contributed by atoms with Gasteiger partial charge in [-0.25, -0.2) is 0 Å². The third-order valence-corrected chi connectivity index (χ3v) is 1.13. The van der Waals surface area contributed by atoms with Crippen LogP contribution in [-0.4, -0.2) is 23.7 Å². The van der Waals surface area contributed by atoms with Crippen LogP contribution in [0.1, 0.15) is 6.42 Å². The molecule has 0 aliphatic carbocycles. The van der Waals surface area contributed by atoms with Gasteiger partial charge in [-0.3, -0.25) is 9.59 Å². The van der Waals surface area contributed by atoms with Gasteiger partial charge in [0.25, 0.3) is 0 Å². The maximum atomic E-state index is 10.9. The summed E-state index contributed by atoms with van der Waals surface area (Å²) in [5.41, 5.74) is 0.0286.